The van der Waals surface area contributed by atoms with Gasteiger partial charge in [-0.25, -0.2) is 4.39 Å². The number of carbonyl (C=O) groups excluding carboxylic acids is 2. The van der Waals surface area contributed by atoms with Crippen molar-refractivity contribution in [1.82, 2.24) is 0 Å². The first-order chi connectivity index (χ1) is 14.9. The molecule has 1 aliphatic rings. The second-order valence-corrected chi connectivity index (χ2v) is 7.37. The van der Waals surface area contributed by atoms with Gasteiger partial charge in [0.25, 0.3) is 11.7 Å². The van der Waals surface area contributed by atoms with Crippen molar-refractivity contribution in [1.29, 1.82) is 0 Å². The Hall–Kier alpha value is -3.64. The summed E-state index contributed by atoms with van der Waals surface area (Å²) in [5.74, 6) is -1.97. The van der Waals surface area contributed by atoms with E-state index in [2.05, 4.69) is 0 Å². The van der Waals surface area contributed by atoms with Gasteiger partial charge in [0, 0.05) is 16.3 Å². The van der Waals surface area contributed by atoms with E-state index in [1.54, 1.807) is 48.5 Å². The number of ketones is 1. The zero-order chi connectivity index (χ0) is 22.1. The Morgan fingerprint density at radius 1 is 1.03 bits per heavy atom. The van der Waals surface area contributed by atoms with Gasteiger partial charge in [-0.15, -0.1) is 0 Å². The number of rotatable bonds is 4. The third kappa shape index (κ3) is 3.78. The van der Waals surface area contributed by atoms with Crippen molar-refractivity contribution in [3.63, 3.8) is 0 Å². The van der Waals surface area contributed by atoms with E-state index < -0.39 is 23.5 Å². The monoisotopic (exact) mass is 437 g/mol. The number of methoxy groups -OCH3 is 1. The number of benzene rings is 3. The number of halogens is 2. The maximum absolute atomic E-state index is 13.6. The van der Waals surface area contributed by atoms with Gasteiger partial charge in [-0.3, -0.25) is 14.5 Å². The molecule has 156 valence electrons. The fourth-order valence-electron chi connectivity index (χ4n) is 3.59. The molecule has 0 aliphatic carbocycles. The van der Waals surface area contributed by atoms with Crippen LogP contribution >= 0.6 is 11.6 Å². The second-order valence-electron chi connectivity index (χ2n) is 6.93. The molecule has 1 N–H and O–H groups in total. The zero-order valence-corrected chi connectivity index (χ0v) is 17.1. The van der Waals surface area contributed by atoms with Gasteiger partial charge in [-0.2, -0.15) is 0 Å². The standard InChI is InChI=1S/C24H17ClFNO4/c1-31-19-4-2-3-15(13-19)22(28)20-21(14-5-9-17(26)10-6-14)27(24(30)23(20)29)18-11-7-16(25)8-12-18/h2-13,21,28H,1H3/b22-20-. The predicted octanol–water partition coefficient (Wildman–Crippen LogP) is 5.11. The van der Waals surface area contributed by atoms with E-state index in [-0.39, 0.29) is 11.3 Å². The van der Waals surface area contributed by atoms with Gasteiger partial charge in [-0.05, 0) is 54.1 Å². The lowest BCUT2D eigenvalue weighted by atomic mass is 9.95. The van der Waals surface area contributed by atoms with Crippen LogP contribution in [0, 0.1) is 5.82 Å². The van der Waals surface area contributed by atoms with E-state index >= 15 is 0 Å². The summed E-state index contributed by atoms with van der Waals surface area (Å²) in [6.45, 7) is 0. The predicted molar refractivity (Wildman–Crippen MR) is 116 cm³/mol. The number of hydrogen-bond acceptors (Lipinski definition) is 4. The van der Waals surface area contributed by atoms with Crippen LogP contribution in [0.3, 0.4) is 0 Å². The zero-order valence-electron chi connectivity index (χ0n) is 16.4. The van der Waals surface area contributed by atoms with Crippen molar-refractivity contribution < 1.29 is 23.8 Å². The molecule has 1 fully saturated rings. The first-order valence-electron chi connectivity index (χ1n) is 9.37. The summed E-state index contributed by atoms with van der Waals surface area (Å²) >= 11 is 5.97. The number of ether oxygens (including phenoxy) is 1. The van der Waals surface area contributed by atoms with E-state index in [9.17, 15) is 19.1 Å². The molecular formula is C24H17ClFNO4. The van der Waals surface area contributed by atoms with Crippen molar-refractivity contribution in [3.05, 3.63) is 100 Å². The van der Waals surface area contributed by atoms with Crippen LogP contribution in [-0.2, 0) is 9.59 Å². The Kier molecular flexibility index (Phi) is 5.48. The third-order valence-electron chi connectivity index (χ3n) is 5.08. The van der Waals surface area contributed by atoms with Crippen LogP contribution in [0.25, 0.3) is 5.76 Å². The highest BCUT2D eigenvalue weighted by Crippen LogP contribution is 2.42. The molecule has 4 rings (SSSR count). The molecule has 31 heavy (non-hydrogen) atoms. The van der Waals surface area contributed by atoms with Crippen LogP contribution in [0.4, 0.5) is 10.1 Å². The summed E-state index contributed by atoms with van der Waals surface area (Å²) in [4.78, 5) is 27.3. The van der Waals surface area contributed by atoms with Gasteiger partial charge < -0.3 is 9.84 Å². The number of aliphatic hydroxyl groups excluding tert-OH is 1. The molecule has 5 nitrogen and oxygen atoms in total. The summed E-state index contributed by atoms with van der Waals surface area (Å²) in [7, 11) is 1.48. The molecule has 0 saturated carbocycles. The van der Waals surface area contributed by atoms with Gasteiger partial charge in [-0.1, -0.05) is 35.9 Å². The Morgan fingerprint density at radius 2 is 1.71 bits per heavy atom. The maximum atomic E-state index is 13.6. The Labute approximate surface area is 182 Å². The fourth-order valence-corrected chi connectivity index (χ4v) is 3.71. The third-order valence-corrected chi connectivity index (χ3v) is 5.33. The first kappa shape index (κ1) is 20.6. The van der Waals surface area contributed by atoms with Crippen LogP contribution < -0.4 is 9.64 Å². The van der Waals surface area contributed by atoms with Gasteiger partial charge >= 0.3 is 0 Å². The van der Waals surface area contributed by atoms with Crippen LogP contribution in [0.15, 0.2) is 78.4 Å². The van der Waals surface area contributed by atoms with Crippen molar-refractivity contribution in [2.24, 2.45) is 0 Å². The molecule has 3 aromatic rings. The molecule has 1 amide bonds. The molecule has 1 aliphatic heterocycles. The van der Waals surface area contributed by atoms with E-state index in [0.29, 0.717) is 27.6 Å². The molecule has 0 radical (unpaired) electrons. The minimum Gasteiger partial charge on any atom is -0.507 e. The molecule has 1 heterocycles. The number of hydrogen-bond donors (Lipinski definition) is 1. The summed E-state index contributed by atoms with van der Waals surface area (Å²) < 4.78 is 18.7. The Bertz CT molecular complexity index is 1190. The van der Waals surface area contributed by atoms with Crippen molar-refractivity contribution >= 4 is 34.7 Å². The number of aliphatic hydroxyl groups is 1. The van der Waals surface area contributed by atoms with E-state index in [1.807, 2.05) is 0 Å². The molecule has 1 saturated heterocycles. The van der Waals surface area contributed by atoms with E-state index in [4.69, 9.17) is 16.3 Å². The Balaban J connectivity index is 1.93. The minimum absolute atomic E-state index is 0.0974. The van der Waals surface area contributed by atoms with E-state index in [1.165, 1.54) is 36.3 Å². The summed E-state index contributed by atoms with van der Waals surface area (Å²) in [6, 6.07) is 17.4. The average Bonchev–Trinajstić information content (AvgIpc) is 3.05. The van der Waals surface area contributed by atoms with E-state index in [0.717, 1.165) is 0 Å². The van der Waals surface area contributed by atoms with Crippen LogP contribution in [0.5, 0.6) is 5.75 Å². The van der Waals surface area contributed by atoms with Crippen molar-refractivity contribution in [2.45, 2.75) is 6.04 Å². The van der Waals surface area contributed by atoms with Gasteiger partial charge in [0.05, 0.1) is 18.7 Å². The summed E-state index contributed by atoms with van der Waals surface area (Å²) in [6.07, 6.45) is 0. The largest absolute Gasteiger partial charge is 0.507 e. The lowest BCUT2D eigenvalue weighted by Gasteiger charge is -2.25. The molecule has 0 bridgehead atoms. The van der Waals surface area contributed by atoms with Crippen LogP contribution in [0.1, 0.15) is 17.2 Å². The second kappa shape index (κ2) is 8.24. The maximum Gasteiger partial charge on any atom is 0.300 e. The smallest absolute Gasteiger partial charge is 0.300 e. The summed E-state index contributed by atoms with van der Waals surface area (Å²) in [5, 5.41) is 11.5. The molecule has 1 unspecified atom stereocenters. The number of nitrogens with zero attached hydrogens (tertiary/aromatic N) is 1. The molecule has 3 aromatic carbocycles. The lowest BCUT2D eigenvalue weighted by Crippen LogP contribution is -2.29. The Morgan fingerprint density at radius 3 is 2.35 bits per heavy atom. The lowest BCUT2D eigenvalue weighted by molar-refractivity contribution is -0.132. The van der Waals surface area contributed by atoms with Gasteiger partial charge in [0.15, 0.2) is 0 Å². The fraction of sp³-hybridized carbons (Fsp3) is 0.0833. The van der Waals surface area contributed by atoms with Gasteiger partial charge in [0.2, 0.25) is 0 Å². The SMILES string of the molecule is COc1cccc(/C(O)=C2/C(=O)C(=O)N(c3ccc(Cl)cc3)C2c2ccc(F)cc2)c1. The quantitative estimate of drug-likeness (QED) is 0.350. The first-order valence-corrected chi connectivity index (χ1v) is 9.75. The minimum atomic E-state index is -0.951. The van der Waals surface area contributed by atoms with Crippen molar-refractivity contribution in [3.8, 4) is 5.75 Å². The normalized spacial score (nSPS) is 17.8. The highest BCUT2D eigenvalue weighted by molar-refractivity contribution is 6.51. The number of Topliss-reactive ketones (excluding diaryl/α,β-unsaturated/α-hetero) is 1. The topological polar surface area (TPSA) is 66.8 Å². The van der Waals surface area contributed by atoms with Crippen LogP contribution in [-0.4, -0.2) is 23.9 Å². The van der Waals surface area contributed by atoms with Gasteiger partial charge in [0.1, 0.15) is 17.3 Å². The molecule has 0 aromatic heterocycles. The molecule has 1 atom stereocenters. The van der Waals surface area contributed by atoms with Crippen LogP contribution in [0.2, 0.25) is 5.02 Å². The van der Waals surface area contributed by atoms with Crippen molar-refractivity contribution in [2.75, 3.05) is 12.0 Å². The number of amides is 1. The molecule has 0 spiro atoms. The summed E-state index contributed by atoms with van der Waals surface area (Å²) in [5.41, 5.74) is 1.12. The highest BCUT2D eigenvalue weighted by atomic mass is 35.5. The molecule has 7 heteroatoms. The highest BCUT2D eigenvalue weighted by Gasteiger charge is 2.47. The average molecular weight is 438 g/mol. The number of anilines is 1. The molecular weight excluding hydrogens is 421 g/mol. The number of carbonyl (C=O) groups is 2.